The first kappa shape index (κ1) is 15.9. The van der Waals surface area contributed by atoms with Gasteiger partial charge in [0.15, 0.2) is 6.61 Å². The molecule has 1 rings (SSSR count). The number of halogens is 1. The zero-order valence-electron chi connectivity index (χ0n) is 11.4. The van der Waals surface area contributed by atoms with Crippen LogP contribution in [0.2, 0.25) is 0 Å². The summed E-state index contributed by atoms with van der Waals surface area (Å²) in [4.78, 5) is 21.8. The number of ether oxygens (including phenoxy) is 1. The van der Waals surface area contributed by atoms with Crippen molar-refractivity contribution < 1.29 is 18.7 Å². The summed E-state index contributed by atoms with van der Waals surface area (Å²) < 4.78 is 18.5. The molecule has 0 fully saturated rings. The molecular formula is C13H18FN3O3. The summed E-state index contributed by atoms with van der Waals surface area (Å²) >= 11 is 0. The summed E-state index contributed by atoms with van der Waals surface area (Å²) in [5, 5.41) is 5.03. The predicted molar refractivity (Wildman–Crippen MR) is 71.7 cm³/mol. The minimum Gasteiger partial charge on any atom is -0.483 e. The van der Waals surface area contributed by atoms with Gasteiger partial charge in [0.2, 0.25) is 0 Å². The lowest BCUT2D eigenvalue weighted by atomic mass is 10.1. The zero-order valence-corrected chi connectivity index (χ0v) is 11.4. The fourth-order valence-electron chi connectivity index (χ4n) is 1.72. The molecular weight excluding hydrogens is 265 g/mol. The number of benzene rings is 1. The third-order valence-corrected chi connectivity index (χ3v) is 2.57. The molecule has 6 nitrogen and oxygen atoms in total. The molecule has 0 saturated carbocycles. The number of carbonyl (C=O) groups excluding carboxylic acids is 2. The molecule has 0 aliphatic heterocycles. The van der Waals surface area contributed by atoms with E-state index in [1.165, 1.54) is 12.1 Å². The smallest absolute Gasteiger partial charge is 0.318 e. The number of nitrogens with two attached hydrogens (primary N) is 1. The highest BCUT2D eigenvalue weighted by Crippen LogP contribution is 2.26. The van der Waals surface area contributed by atoms with Crippen molar-refractivity contribution in [1.82, 2.24) is 10.6 Å². The number of primary amides is 1. The maximum absolute atomic E-state index is 13.3. The van der Waals surface area contributed by atoms with Crippen LogP contribution in [0.25, 0.3) is 0 Å². The van der Waals surface area contributed by atoms with Gasteiger partial charge >= 0.3 is 6.03 Å². The van der Waals surface area contributed by atoms with E-state index in [0.29, 0.717) is 0 Å². The maximum atomic E-state index is 13.3. The van der Waals surface area contributed by atoms with Gasteiger partial charge in [0.05, 0.1) is 0 Å². The molecule has 1 atom stereocenters. The number of carbonyl (C=O) groups is 2. The van der Waals surface area contributed by atoms with Crippen LogP contribution < -0.4 is 21.1 Å². The Bertz CT molecular complexity index is 494. The summed E-state index contributed by atoms with van der Waals surface area (Å²) in [7, 11) is 0. The highest BCUT2D eigenvalue weighted by Gasteiger charge is 2.13. The Labute approximate surface area is 116 Å². The Morgan fingerprint density at radius 3 is 2.75 bits per heavy atom. The Morgan fingerprint density at radius 2 is 2.15 bits per heavy atom. The predicted octanol–water partition coefficient (Wildman–Crippen LogP) is 1.07. The molecule has 3 amide bonds. The van der Waals surface area contributed by atoms with E-state index in [9.17, 15) is 14.0 Å². The average Bonchev–Trinajstić information content (AvgIpc) is 2.36. The highest BCUT2D eigenvalue weighted by atomic mass is 19.1. The van der Waals surface area contributed by atoms with Crippen molar-refractivity contribution in [2.45, 2.75) is 19.9 Å². The van der Waals surface area contributed by atoms with Gasteiger partial charge in [-0.05, 0) is 19.5 Å². The molecule has 1 unspecified atom stereocenters. The highest BCUT2D eigenvalue weighted by molar-refractivity contribution is 5.94. The maximum Gasteiger partial charge on any atom is 0.318 e. The van der Waals surface area contributed by atoms with Crippen molar-refractivity contribution in [3.8, 4) is 5.75 Å². The lowest BCUT2D eigenvalue weighted by molar-refractivity contribution is -0.121. The molecule has 0 aliphatic rings. The second-order valence-corrected chi connectivity index (χ2v) is 4.16. The minimum atomic E-state index is -0.959. The van der Waals surface area contributed by atoms with Crippen LogP contribution in [-0.2, 0) is 4.79 Å². The van der Waals surface area contributed by atoms with Crippen LogP contribution in [0.3, 0.4) is 0 Å². The van der Waals surface area contributed by atoms with E-state index < -0.39 is 24.4 Å². The van der Waals surface area contributed by atoms with Crippen LogP contribution >= 0.6 is 0 Å². The lowest BCUT2D eigenvalue weighted by Crippen LogP contribution is -2.38. The normalized spacial score (nSPS) is 11.8. The third-order valence-electron chi connectivity index (χ3n) is 2.57. The molecule has 0 radical (unpaired) electrons. The van der Waals surface area contributed by atoms with E-state index in [2.05, 4.69) is 5.32 Å². The molecule has 0 bridgehead atoms. The molecule has 0 aromatic heterocycles. The Hall–Kier alpha value is -2.15. The van der Waals surface area contributed by atoms with Crippen LogP contribution in [-0.4, -0.2) is 25.1 Å². The Kier molecular flexibility index (Phi) is 5.92. The first-order valence-corrected chi connectivity index (χ1v) is 6.19. The fourth-order valence-corrected chi connectivity index (χ4v) is 1.72. The van der Waals surface area contributed by atoms with Crippen molar-refractivity contribution in [3.63, 3.8) is 0 Å². The fraction of sp³-hybridized carbons (Fsp3) is 0.385. The van der Waals surface area contributed by atoms with Crippen LogP contribution in [0.15, 0.2) is 18.2 Å². The summed E-state index contributed by atoms with van der Waals surface area (Å²) in [6.45, 7) is 4.16. The van der Waals surface area contributed by atoms with E-state index >= 15 is 0 Å². The minimum absolute atomic E-state index is 0.0604. The van der Waals surface area contributed by atoms with Gasteiger partial charge in [0.1, 0.15) is 11.6 Å². The van der Waals surface area contributed by atoms with Gasteiger partial charge < -0.3 is 15.8 Å². The van der Waals surface area contributed by atoms with Crippen molar-refractivity contribution in [2.75, 3.05) is 13.2 Å². The second-order valence-electron chi connectivity index (χ2n) is 4.16. The van der Waals surface area contributed by atoms with Crippen LogP contribution in [0.4, 0.5) is 9.18 Å². The average molecular weight is 283 g/mol. The molecule has 7 heteroatoms. The number of hydrogen-bond acceptors (Lipinski definition) is 4. The number of rotatable bonds is 6. The first-order chi connectivity index (χ1) is 9.43. The molecule has 4 N–H and O–H groups in total. The number of imide groups is 1. The number of nitrogens with one attached hydrogen (secondary N) is 2. The van der Waals surface area contributed by atoms with E-state index in [1.807, 2.05) is 19.2 Å². The van der Waals surface area contributed by atoms with Crippen LogP contribution in [0, 0.1) is 5.82 Å². The SMILES string of the molecule is CCNC(C)c1ccc(F)cc1OCC(=O)NC(N)=O. The van der Waals surface area contributed by atoms with Crippen molar-refractivity contribution in [2.24, 2.45) is 5.73 Å². The topological polar surface area (TPSA) is 93.4 Å². The van der Waals surface area contributed by atoms with E-state index in [1.54, 1.807) is 6.07 Å². The number of urea groups is 1. The molecule has 1 aromatic rings. The van der Waals surface area contributed by atoms with Crippen molar-refractivity contribution in [1.29, 1.82) is 0 Å². The van der Waals surface area contributed by atoms with Gasteiger partial charge in [-0.3, -0.25) is 10.1 Å². The van der Waals surface area contributed by atoms with Crippen LogP contribution in [0.1, 0.15) is 25.5 Å². The number of hydrogen-bond donors (Lipinski definition) is 3. The van der Waals surface area contributed by atoms with Gasteiger partial charge in [0, 0.05) is 17.7 Å². The summed E-state index contributed by atoms with van der Waals surface area (Å²) in [6.07, 6.45) is 0. The summed E-state index contributed by atoms with van der Waals surface area (Å²) in [5.74, 6) is -0.912. The van der Waals surface area contributed by atoms with Gasteiger partial charge in [-0.15, -0.1) is 0 Å². The largest absolute Gasteiger partial charge is 0.483 e. The third kappa shape index (κ3) is 4.85. The number of amides is 3. The molecule has 0 heterocycles. The summed E-state index contributed by atoms with van der Waals surface area (Å²) in [5.41, 5.74) is 5.53. The second kappa shape index (κ2) is 7.44. The molecule has 1 aromatic carbocycles. The Balaban J connectivity index is 2.79. The summed E-state index contributed by atoms with van der Waals surface area (Å²) in [6, 6.07) is 3.08. The van der Waals surface area contributed by atoms with Gasteiger partial charge in [-0.2, -0.15) is 0 Å². The zero-order chi connectivity index (χ0) is 15.1. The van der Waals surface area contributed by atoms with Crippen LogP contribution in [0.5, 0.6) is 5.75 Å². The van der Waals surface area contributed by atoms with Crippen molar-refractivity contribution >= 4 is 11.9 Å². The van der Waals surface area contributed by atoms with Gasteiger partial charge in [-0.25, -0.2) is 9.18 Å². The van der Waals surface area contributed by atoms with E-state index in [-0.39, 0.29) is 11.8 Å². The molecule has 110 valence electrons. The molecule has 20 heavy (non-hydrogen) atoms. The van der Waals surface area contributed by atoms with Gasteiger partial charge in [-0.1, -0.05) is 13.0 Å². The quantitative estimate of drug-likeness (QED) is 0.728. The molecule has 0 spiro atoms. The van der Waals surface area contributed by atoms with E-state index in [4.69, 9.17) is 10.5 Å². The van der Waals surface area contributed by atoms with E-state index in [0.717, 1.165) is 12.1 Å². The Morgan fingerprint density at radius 1 is 1.45 bits per heavy atom. The van der Waals surface area contributed by atoms with Gasteiger partial charge in [0.25, 0.3) is 5.91 Å². The first-order valence-electron chi connectivity index (χ1n) is 6.19. The monoisotopic (exact) mass is 283 g/mol. The molecule has 0 aliphatic carbocycles. The molecule has 0 saturated heterocycles. The standard InChI is InChI=1S/C13H18FN3O3/c1-3-16-8(2)10-5-4-9(14)6-11(10)20-7-12(18)17-13(15)19/h4-6,8,16H,3,7H2,1-2H3,(H3,15,17,18,19). The van der Waals surface area contributed by atoms with Crippen molar-refractivity contribution in [3.05, 3.63) is 29.6 Å². The lowest BCUT2D eigenvalue weighted by Gasteiger charge is -2.17.